The molecule has 0 bridgehead atoms. The van der Waals surface area contributed by atoms with Crippen LogP contribution in [0.2, 0.25) is 0 Å². The maximum Gasteiger partial charge on any atom is 0.395 e. The van der Waals surface area contributed by atoms with Crippen molar-refractivity contribution in [1.29, 1.82) is 0 Å². The Hall–Kier alpha value is -1.51. The van der Waals surface area contributed by atoms with Crippen LogP contribution in [0.3, 0.4) is 0 Å². The van der Waals surface area contributed by atoms with Gasteiger partial charge in [0.1, 0.15) is 0 Å². The molecule has 0 aromatic heterocycles. The van der Waals surface area contributed by atoms with Gasteiger partial charge < -0.3 is 0 Å². The first kappa shape index (κ1) is 11.0. The molecule has 0 nitrogen and oxygen atoms in total. The molecule has 0 saturated carbocycles. The van der Waals surface area contributed by atoms with Crippen LogP contribution in [-0.2, 0) is 0 Å². The van der Waals surface area contributed by atoms with Crippen LogP contribution >= 0.6 is 0 Å². The normalized spacial score (nSPS) is 14.0. The lowest BCUT2D eigenvalue weighted by Gasteiger charge is -2.16. The number of hydrogen-bond donors (Lipinski definition) is 0. The molecule has 84 valence electrons. The first-order valence-corrected chi connectivity index (χ1v) is 5.04. The molecule has 0 heterocycles. The van der Waals surface area contributed by atoms with E-state index in [2.05, 4.69) is 0 Å². The second-order valence-corrected chi connectivity index (χ2v) is 3.87. The van der Waals surface area contributed by atoms with E-state index in [0.29, 0.717) is 5.56 Å². The molecule has 0 N–H and O–H groups in total. The Labute approximate surface area is 91.7 Å². The van der Waals surface area contributed by atoms with Gasteiger partial charge in [-0.15, -0.1) is 0 Å². The Morgan fingerprint density at radius 3 is 2.19 bits per heavy atom. The third-order valence-electron chi connectivity index (χ3n) is 2.76. The van der Waals surface area contributed by atoms with E-state index < -0.39 is 12.1 Å². The van der Waals surface area contributed by atoms with E-state index in [9.17, 15) is 13.2 Å². The predicted octanol–water partition coefficient (Wildman–Crippen LogP) is 4.51. The molecule has 1 unspecified atom stereocenters. The highest BCUT2D eigenvalue weighted by atomic mass is 19.4. The minimum Gasteiger partial charge on any atom is -0.170 e. The molecule has 0 radical (unpaired) electrons. The maximum atomic E-state index is 12.5. The number of halogens is 3. The molecule has 3 heteroatoms. The molecule has 0 aliphatic carbocycles. The summed E-state index contributed by atoms with van der Waals surface area (Å²) < 4.78 is 37.6. The van der Waals surface area contributed by atoms with Gasteiger partial charge in [-0.05, 0) is 23.3 Å². The standard InChI is InChI=1S/C13H11F3/c1-9(13(14,15)16)11-7-6-10-4-2-3-5-12(10)8-11/h2-9H,1H3. The highest BCUT2D eigenvalue weighted by Crippen LogP contribution is 2.35. The summed E-state index contributed by atoms with van der Waals surface area (Å²) in [7, 11) is 0. The molecule has 0 aliphatic rings. The molecule has 2 aromatic rings. The third-order valence-corrected chi connectivity index (χ3v) is 2.76. The van der Waals surface area contributed by atoms with Gasteiger partial charge in [0.2, 0.25) is 0 Å². The van der Waals surface area contributed by atoms with Crippen LogP contribution < -0.4 is 0 Å². The van der Waals surface area contributed by atoms with Crippen LogP contribution in [0.4, 0.5) is 13.2 Å². The van der Waals surface area contributed by atoms with E-state index in [1.165, 1.54) is 6.92 Å². The van der Waals surface area contributed by atoms with E-state index >= 15 is 0 Å². The summed E-state index contributed by atoms with van der Waals surface area (Å²) in [4.78, 5) is 0. The zero-order valence-corrected chi connectivity index (χ0v) is 8.75. The fourth-order valence-corrected chi connectivity index (χ4v) is 1.67. The summed E-state index contributed by atoms with van der Waals surface area (Å²) in [5.41, 5.74) is 0.311. The zero-order valence-electron chi connectivity index (χ0n) is 8.75. The minimum absolute atomic E-state index is 0.311. The van der Waals surface area contributed by atoms with E-state index in [1.807, 2.05) is 24.3 Å². The molecule has 0 aliphatic heterocycles. The van der Waals surface area contributed by atoms with Gasteiger partial charge in [-0.1, -0.05) is 42.5 Å². The second-order valence-electron chi connectivity index (χ2n) is 3.87. The minimum atomic E-state index is -4.18. The molecule has 0 spiro atoms. The molecule has 0 amide bonds. The van der Waals surface area contributed by atoms with Crippen LogP contribution in [0, 0.1) is 0 Å². The highest BCUT2D eigenvalue weighted by Gasteiger charge is 2.36. The maximum absolute atomic E-state index is 12.5. The molecule has 0 fully saturated rings. The molecule has 2 aromatic carbocycles. The predicted molar refractivity (Wildman–Crippen MR) is 58.4 cm³/mol. The van der Waals surface area contributed by atoms with E-state index in [4.69, 9.17) is 0 Å². The van der Waals surface area contributed by atoms with E-state index in [0.717, 1.165) is 10.8 Å². The van der Waals surface area contributed by atoms with Crippen molar-refractivity contribution in [3.8, 4) is 0 Å². The lowest BCUT2D eigenvalue weighted by atomic mass is 9.97. The average Bonchev–Trinajstić information content (AvgIpc) is 2.26. The Kier molecular flexibility index (Phi) is 2.62. The first-order valence-electron chi connectivity index (χ1n) is 5.04. The molecular formula is C13H11F3. The molecule has 0 saturated heterocycles. The van der Waals surface area contributed by atoms with Crippen LogP contribution in [0.25, 0.3) is 10.8 Å². The topological polar surface area (TPSA) is 0 Å². The Bertz CT molecular complexity index is 500. The van der Waals surface area contributed by atoms with E-state index in [1.54, 1.807) is 18.2 Å². The summed E-state index contributed by atoms with van der Waals surface area (Å²) in [6.45, 7) is 1.18. The Morgan fingerprint density at radius 1 is 0.938 bits per heavy atom. The SMILES string of the molecule is CC(c1ccc2ccccc2c1)C(F)(F)F. The van der Waals surface area contributed by atoms with Crippen molar-refractivity contribution >= 4 is 10.8 Å². The van der Waals surface area contributed by atoms with Crippen LogP contribution in [0.5, 0.6) is 0 Å². The summed E-state index contributed by atoms with van der Waals surface area (Å²) in [6.07, 6.45) is -4.18. The summed E-state index contributed by atoms with van der Waals surface area (Å²) in [5.74, 6) is -1.42. The molecular weight excluding hydrogens is 213 g/mol. The van der Waals surface area contributed by atoms with Crippen LogP contribution in [0.15, 0.2) is 42.5 Å². The summed E-state index contributed by atoms with van der Waals surface area (Å²) >= 11 is 0. The van der Waals surface area contributed by atoms with Crippen LogP contribution in [-0.4, -0.2) is 6.18 Å². The number of rotatable bonds is 1. The van der Waals surface area contributed by atoms with Crippen molar-refractivity contribution in [2.24, 2.45) is 0 Å². The Balaban J connectivity index is 2.47. The van der Waals surface area contributed by atoms with Gasteiger partial charge in [0, 0.05) is 0 Å². The largest absolute Gasteiger partial charge is 0.395 e. The quantitative estimate of drug-likeness (QED) is 0.668. The van der Waals surface area contributed by atoms with Gasteiger partial charge >= 0.3 is 6.18 Å². The van der Waals surface area contributed by atoms with Gasteiger partial charge in [-0.25, -0.2) is 0 Å². The van der Waals surface area contributed by atoms with Gasteiger partial charge in [0.15, 0.2) is 0 Å². The monoisotopic (exact) mass is 224 g/mol. The number of benzene rings is 2. The van der Waals surface area contributed by atoms with Crippen LogP contribution in [0.1, 0.15) is 18.4 Å². The second kappa shape index (κ2) is 3.81. The van der Waals surface area contributed by atoms with Gasteiger partial charge in [-0.2, -0.15) is 13.2 Å². The Morgan fingerprint density at radius 2 is 1.56 bits per heavy atom. The number of hydrogen-bond acceptors (Lipinski definition) is 0. The fraction of sp³-hybridized carbons (Fsp3) is 0.231. The van der Waals surface area contributed by atoms with Crippen molar-refractivity contribution in [3.63, 3.8) is 0 Å². The number of fused-ring (bicyclic) bond motifs is 1. The number of alkyl halides is 3. The van der Waals surface area contributed by atoms with Crippen molar-refractivity contribution in [3.05, 3.63) is 48.0 Å². The van der Waals surface area contributed by atoms with Crippen molar-refractivity contribution in [2.45, 2.75) is 19.0 Å². The van der Waals surface area contributed by atoms with Crippen molar-refractivity contribution in [1.82, 2.24) is 0 Å². The summed E-state index contributed by atoms with van der Waals surface area (Å²) in [6, 6.07) is 12.3. The lowest BCUT2D eigenvalue weighted by Crippen LogP contribution is -2.17. The smallest absolute Gasteiger partial charge is 0.170 e. The van der Waals surface area contributed by atoms with E-state index in [-0.39, 0.29) is 0 Å². The highest BCUT2D eigenvalue weighted by molar-refractivity contribution is 5.83. The molecule has 1 atom stereocenters. The molecule has 2 rings (SSSR count). The first-order chi connectivity index (χ1) is 7.48. The van der Waals surface area contributed by atoms with Gasteiger partial charge in [-0.3, -0.25) is 0 Å². The average molecular weight is 224 g/mol. The lowest BCUT2D eigenvalue weighted by molar-refractivity contribution is -0.146. The zero-order chi connectivity index (χ0) is 11.8. The van der Waals surface area contributed by atoms with Gasteiger partial charge in [0.05, 0.1) is 5.92 Å². The van der Waals surface area contributed by atoms with Crippen molar-refractivity contribution < 1.29 is 13.2 Å². The van der Waals surface area contributed by atoms with Crippen molar-refractivity contribution in [2.75, 3.05) is 0 Å². The fourth-order valence-electron chi connectivity index (χ4n) is 1.67. The molecule has 16 heavy (non-hydrogen) atoms. The third kappa shape index (κ3) is 2.03. The van der Waals surface area contributed by atoms with Gasteiger partial charge in [0.25, 0.3) is 0 Å². The summed E-state index contributed by atoms with van der Waals surface area (Å²) in [5, 5.41) is 1.80.